The number of rotatable bonds is 5. The van der Waals surface area contributed by atoms with E-state index in [9.17, 15) is 0 Å². The quantitative estimate of drug-likeness (QED) is 0.258. The van der Waals surface area contributed by atoms with Crippen LogP contribution in [0.15, 0.2) is 0 Å². The molecule has 4 aliphatic carbocycles. The Morgan fingerprint density at radius 2 is 0.667 bits per heavy atom. The van der Waals surface area contributed by atoms with Crippen molar-refractivity contribution < 1.29 is 17.8 Å². The van der Waals surface area contributed by atoms with Gasteiger partial charge < -0.3 is 0 Å². The van der Waals surface area contributed by atoms with Gasteiger partial charge in [0.25, 0.3) is 0 Å². The molecule has 60 heavy (non-hydrogen) atoms. The zero-order chi connectivity index (χ0) is 60.4. The molecule has 0 amide bonds. The molecule has 0 spiro atoms. The van der Waals surface area contributed by atoms with Crippen LogP contribution in [0.3, 0.4) is 0 Å². The Bertz CT molecular complexity index is 1050. The summed E-state index contributed by atoms with van der Waals surface area (Å²) in [6, 6.07) is 0. The largest absolute Gasteiger partial charge is 0.0683 e. The van der Waals surface area contributed by atoms with Crippen LogP contribution in [0.4, 0.5) is 0 Å². The summed E-state index contributed by atoms with van der Waals surface area (Å²) in [6.45, 7) is 48.2. The Labute approximate surface area is 410 Å². The van der Waals surface area contributed by atoms with Crippen LogP contribution in [0.1, 0.15) is 364 Å². The van der Waals surface area contributed by atoms with E-state index >= 15 is 0 Å². The zero-order valence-electron chi connectivity index (χ0n) is 60.4. The molecule has 376 valence electrons. The molecule has 4 saturated carbocycles. The van der Waals surface area contributed by atoms with Crippen molar-refractivity contribution in [1.29, 1.82) is 0 Å². The first kappa shape index (κ1) is 49.4. The van der Waals surface area contributed by atoms with Gasteiger partial charge >= 0.3 is 0 Å². The second-order valence-corrected chi connectivity index (χ2v) is 19.2. The van der Waals surface area contributed by atoms with Gasteiger partial charge in [-0.05, 0) is 46.8 Å². The Kier molecular flexibility index (Phi) is 56.1. The molecule has 0 aromatic rings. The van der Waals surface area contributed by atoms with Crippen LogP contribution in [-0.2, 0) is 0 Å². The molecule has 0 aromatic heterocycles. The van der Waals surface area contributed by atoms with Crippen LogP contribution in [-0.4, -0.2) is 0 Å². The van der Waals surface area contributed by atoms with Gasteiger partial charge in [-0.2, -0.15) is 0 Å². The fourth-order valence-corrected chi connectivity index (χ4v) is 4.74. The molecule has 0 atom stereocenters. The summed E-state index contributed by atoms with van der Waals surface area (Å²) in [4.78, 5) is 0. The van der Waals surface area contributed by atoms with Gasteiger partial charge in [-0.1, -0.05) is 346 Å². The molecule has 0 nitrogen and oxygen atoms in total. The van der Waals surface area contributed by atoms with Crippen molar-refractivity contribution in [2.45, 2.75) is 346 Å². The maximum atomic E-state index is 7.63. The van der Waals surface area contributed by atoms with E-state index in [1.54, 1.807) is 34.6 Å². The van der Waals surface area contributed by atoms with E-state index in [4.69, 9.17) is 17.8 Å². The van der Waals surface area contributed by atoms with E-state index in [1.165, 1.54) is 83.5 Å². The topological polar surface area (TPSA) is 0 Å². The van der Waals surface area contributed by atoms with Gasteiger partial charge in [0.1, 0.15) is 0 Å². The molecule has 4 fully saturated rings. The highest BCUT2D eigenvalue weighted by Crippen LogP contribution is 2.27. The van der Waals surface area contributed by atoms with E-state index < -0.39 is 31.9 Å². The van der Waals surface area contributed by atoms with E-state index in [-0.39, 0.29) is 29.0 Å². The molecule has 0 heterocycles. The molecule has 4 rings (SSSR count). The van der Waals surface area contributed by atoms with Crippen molar-refractivity contribution >= 4 is 0 Å². The molecule has 0 N–H and O–H groups in total. The molecule has 0 heteroatoms. The molecule has 0 saturated heterocycles. The average molecular weight is 871 g/mol. The Balaban J connectivity index is -0.000000107. The minimum Gasteiger partial charge on any atom is -0.0683 e. The first-order valence-electron chi connectivity index (χ1n) is 32.4. The predicted octanol–water partition coefficient (Wildman–Crippen LogP) is 24.2. The third-order valence-corrected chi connectivity index (χ3v) is 9.12. The number of hydrogen-bond donors (Lipinski definition) is 0. The molecule has 0 radical (unpaired) electrons. The van der Waals surface area contributed by atoms with Crippen molar-refractivity contribution in [2.24, 2.45) is 46.8 Å². The third kappa shape index (κ3) is 112. The lowest BCUT2D eigenvalue weighted by Crippen LogP contribution is -2.03. The lowest BCUT2D eigenvalue weighted by Gasteiger charge is -2.18. The van der Waals surface area contributed by atoms with Crippen LogP contribution in [0.5, 0.6) is 0 Å². The molecule has 0 aromatic carbocycles. The summed E-state index contributed by atoms with van der Waals surface area (Å²) in [6.07, 6.45) is 21.2. The lowest BCUT2D eigenvalue weighted by atomic mass is 9.88. The van der Waals surface area contributed by atoms with Crippen LogP contribution < -0.4 is 0 Å². The van der Waals surface area contributed by atoms with Crippen molar-refractivity contribution in [3.05, 3.63) is 0 Å². The van der Waals surface area contributed by atoms with Gasteiger partial charge in [0.05, 0.1) is 0 Å². The van der Waals surface area contributed by atoms with E-state index in [2.05, 4.69) is 48.5 Å². The highest BCUT2D eigenvalue weighted by atomic mass is 14.2. The minimum absolute atomic E-state index is 0.0556. The van der Waals surface area contributed by atoms with Crippen LogP contribution in [0.25, 0.3) is 0 Å². The first-order chi connectivity index (χ1) is 32.4. The Morgan fingerprint density at radius 1 is 0.483 bits per heavy atom. The van der Waals surface area contributed by atoms with Crippen molar-refractivity contribution in [3.63, 3.8) is 0 Å². The summed E-state index contributed by atoms with van der Waals surface area (Å²) in [5.41, 5.74) is -0.229. The summed E-state index contributed by atoms with van der Waals surface area (Å²) in [7, 11) is 0. The second kappa shape index (κ2) is 68.1. The van der Waals surface area contributed by atoms with Crippen LogP contribution in [0.2, 0.25) is 0 Å². The third-order valence-electron chi connectivity index (χ3n) is 9.12. The molecule has 0 aliphatic heterocycles. The maximum absolute atomic E-state index is 7.63. The van der Waals surface area contributed by atoms with E-state index in [0.717, 1.165) is 57.3 Å². The molecule has 0 unspecified atom stereocenters. The van der Waals surface area contributed by atoms with Gasteiger partial charge in [0.15, 0.2) is 0 Å². The highest BCUT2D eigenvalue weighted by molar-refractivity contribution is 4.65. The summed E-state index contributed by atoms with van der Waals surface area (Å²) >= 11 is 0. The van der Waals surface area contributed by atoms with E-state index in [1.807, 2.05) is 90.0 Å². The fraction of sp³-hybridized carbons (Fsp3) is 1.00. The molecular formula is C60H136. The smallest absolute Gasteiger partial charge is 0.0300 e. The molecule has 0 bridgehead atoms. The van der Waals surface area contributed by atoms with Crippen molar-refractivity contribution in [3.8, 4) is 0 Å². The van der Waals surface area contributed by atoms with Crippen molar-refractivity contribution in [1.82, 2.24) is 0 Å². The second-order valence-electron chi connectivity index (χ2n) is 19.2. The first-order valence-corrected chi connectivity index (χ1v) is 25.9. The summed E-state index contributed by atoms with van der Waals surface area (Å²) < 4.78 is 94.1. The predicted molar refractivity (Wildman–Crippen MR) is 293 cm³/mol. The van der Waals surface area contributed by atoms with E-state index in [0.29, 0.717) is 18.3 Å². The van der Waals surface area contributed by atoms with Crippen molar-refractivity contribution in [2.75, 3.05) is 0 Å². The Morgan fingerprint density at radius 3 is 0.767 bits per heavy atom. The highest BCUT2D eigenvalue weighted by Gasteiger charge is 2.11. The maximum Gasteiger partial charge on any atom is 0.0300 e. The summed E-state index contributed by atoms with van der Waals surface area (Å²) in [5, 5.41) is 0. The fourth-order valence-electron chi connectivity index (χ4n) is 4.74. The summed E-state index contributed by atoms with van der Waals surface area (Å²) in [5.74, 6) is 1.27. The number of hydrogen-bond acceptors (Lipinski definition) is 0. The average Bonchev–Trinajstić information content (AvgIpc) is 3.91. The Hall–Kier alpha value is 0. The van der Waals surface area contributed by atoms with Gasteiger partial charge in [0, 0.05) is 17.8 Å². The van der Waals surface area contributed by atoms with Gasteiger partial charge in [-0.25, -0.2) is 0 Å². The number of unbranched alkanes of at least 4 members (excludes halogenated alkanes) is 1. The SMILES string of the molecule is CC.CC(C)C.CCC.CCCC.[2H]C(C)(C)C.[2H]C([2H])(C)C(C)(C)C.[2H]C([2H])(C)C(C)C.[2H]C([2H])(C)C1CCCC1.[2H]C([2H])(C)C1CCCCC1.[2H]C([2H])(C)CC.[2H]C1(C)CCCC1.[2H]C1(C)CCCCC1. The van der Waals surface area contributed by atoms with Gasteiger partial charge in [-0.3, -0.25) is 0 Å². The van der Waals surface area contributed by atoms with Crippen LogP contribution >= 0.6 is 0 Å². The zero-order valence-corrected chi connectivity index (χ0v) is 47.4. The minimum atomic E-state index is -1.06. The monoisotopic (exact) mass is 870 g/mol. The van der Waals surface area contributed by atoms with Gasteiger partial charge in [0.2, 0.25) is 0 Å². The standard InChI is InChI=1S/C8H16.2C7H14.C6H12.C6H14.C5H12.4C4H10.C3H8.C2H6/c1-2-8-6-4-3-5-7-8;1-7-5-3-2-4-6-7;1-2-7-5-3-4-6-7;1-6-4-2-3-5-6;1-5-6(2,3)4;1-4-5(2)3;2*1-4(2)3;2*1-3-4-2;1-3-2;1-2/h8H,2-7H2,1H3;2*7H,2-6H2,1H3;6H,2-5H2,1H3;5H2,1-4H3;5H,4H2,1-3H3;2*4H,1-3H3;2*3-4H2,1-2H3;3H2,1-2H3;1-2H3/i2D2;7D;2D2;6D;5D2;4D2;4D;;3D2;;;. The lowest BCUT2D eigenvalue weighted by molar-refractivity contribution is 0.349. The molecule has 4 aliphatic rings. The van der Waals surface area contributed by atoms with Crippen LogP contribution in [0, 0.1) is 46.8 Å². The van der Waals surface area contributed by atoms with Gasteiger partial charge in [-0.15, -0.1) is 0 Å². The normalized spacial score (nSPS) is 21.6. The molecular weight excluding hydrogens is 721 g/mol.